The number of hydrogen-bond acceptors (Lipinski definition) is 2. The molecule has 5 unspecified atom stereocenters. The fourth-order valence-electron chi connectivity index (χ4n) is 4.98. The van der Waals surface area contributed by atoms with Crippen molar-refractivity contribution in [1.82, 2.24) is 5.32 Å². The average molecular weight is 270 g/mol. The fourth-order valence-corrected chi connectivity index (χ4v) is 4.98. The molecule has 3 N–H and O–H groups in total. The molecule has 0 spiro atoms. The van der Waals surface area contributed by atoms with Crippen molar-refractivity contribution in [2.45, 2.75) is 44.2 Å². The van der Waals surface area contributed by atoms with E-state index < -0.39 is 0 Å². The van der Waals surface area contributed by atoms with Gasteiger partial charge in [0, 0.05) is 18.6 Å². The van der Waals surface area contributed by atoms with Crippen LogP contribution in [0, 0.1) is 23.7 Å². The van der Waals surface area contributed by atoms with E-state index in [1.54, 1.807) is 0 Å². The van der Waals surface area contributed by atoms with Crippen molar-refractivity contribution >= 4 is 0 Å². The van der Waals surface area contributed by atoms with Gasteiger partial charge in [0.1, 0.15) is 0 Å². The Morgan fingerprint density at radius 1 is 1.10 bits per heavy atom. The average Bonchev–Trinajstić information content (AvgIpc) is 2.87. The van der Waals surface area contributed by atoms with Crippen LogP contribution in [0.4, 0.5) is 0 Å². The van der Waals surface area contributed by atoms with Gasteiger partial charge in [0.15, 0.2) is 0 Å². The van der Waals surface area contributed by atoms with Crippen LogP contribution in [0.3, 0.4) is 0 Å². The van der Waals surface area contributed by atoms with Crippen LogP contribution in [0.2, 0.25) is 0 Å². The molecule has 5 atom stereocenters. The molecule has 3 saturated carbocycles. The predicted octanol–water partition coefficient (Wildman–Crippen LogP) is 2.58. The maximum Gasteiger partial charge on any atom is 0.0168 e. The molecule has 0 saturated heterocycles. The van der Waals surface area contributed by atoms with E-state index in [1.807, 2.05) is 0 Å². The maximum absolute atomic E-state index is 6.27. The Morgan fingerprint density at radius 3 is 2.50 bits per heavy atom. The molecule has 4 rings (SSSR count). The Morgan fingerprint density at radius 2 is 1.80 bits per heavy atom. The van der Waals surface area contributed by atoms with Gasteiger partial charge >= 0.3 is 0 Å². The molecular formula is C18H26N2. The third-order valence-electron chi connectivity index (χ3n) is 6.00. The van der Waals surface area contributed by atoms with Gasteiger partial charge in [0.2, 0.25) is 0 Å². The van der Waals surface area contributed by atoms with Crippen LogP contribution < -0.4 is 11.1 Å². The third-order valence-corrected chi connectivity index (χ3v) is 6.00. The van der Waals surface area contributed by atoms with E-state index in [9.17, 15) is 0 Å². The smallest absolute Gasteiger partial charge is 0.0168 e. The summed E-state index contributed by atoms with van der Waals surface area (Å²) in [4.78, 5) is 0. The number of hydrogen-bond donors (Lipinski definition) is 2. The molecule has 2 nitrogen and oxygen atoms in total. The largest absolute Gasteiger partial charge is 0.327 e. The number of nitrogens with one attached hydrogen (secondary N) is 1. The summed E-state index contributed by atoms with van der Waals surface area (Å²) in [5.41, 5.74) is 7.68. The van der Waals surface area contributed by atoms with Gasteiger partial charge in [-0.05, 0) is 61.3 Å². The lowest BCUT2D eigenvalue weighted by atomic mass is 10.0. The quantitative estimate of drug-likeness (QED) is 0.834. The molecule has 3 aliphatic carbocycles. The molecule has 0 amide bonds. The summed E-state index contributed by atoms with van der Waals surface area (Å²) in [6, 6.07) is 11.8. The van der Waals surface area contributed by atoms with Crippen LogP contribution in [-0.2, 0) is 6.42 Å². The Bertz CT molecular complexity index is 442. The number of aryl methyl sites for hydroxylation is 1. The zero-order chi connectivity index (χ0) is 13.5. The third kappa shape index (κ3) is 2.29. The SMILES string of the molecule is NC(CCc1ccccc1)CNC1C2C3CCC(C3)C12. The molecule has 3 fully saturated rings. The zero-order valence-corrected chi connectivity index (χ0v) is 12.2. The first kappa shape index (κ1) is 12.8. The first-order valence-corrected chi connectivity index (χ1v) is 8.36. The standard InChI is InChI=1S/C18H26N2/c19-15(9-6-12-4-2-1-3-5-12)11-20-18-16-13-7-8-14(10-13)17(16)18/h1-5,13-18,20H,6-11,19H2. The maximum atomic E-state index is 6.27. The summed E-state index contributed by atoms with van der Waals surface area (Å²) in [5, 5.41) is 3.77. The van der Waals surface area contributed by atoms with E-state index in [1.165, 1.54) is 24.8 Å². The normalized spacial score (nSPS) is 38.8. The van der Waals surface area contributed by atoms with Gasteiger partial charge in [0.25, 0.3) is 0 Å². The van der Waals surface area contributed by atoms with E-state index >= 15 is 0 Å². The number of nitrogens with two attached hydrogens (primary N) is 1. The first-order valence-electron chi connectivity index (χ1n) is 8.36. The molecule has 2 bridgehead atoms. The number of benzene rings is 1. The highest BCUT2D eigenvalue weighted by atomic mass is 15.0. The first-order chi connectivity index (χ1) is 9.83. The lowest BCUT2D eigenvalue weighted by molar-refractivity contribution is 0.442. The molecule has 3 aliphatic rings. The van der Waals surface area contributed by atoms with Crippen LogP contribution in [-0.4, -0.2) is 18.6 Å². The van der Waals surface area contributed by atoms with E-state index in [0.29, 0.717) is 6.04 Å². The van der Waals surface area contributed by atoms with Crippen LogP contribution in [0.1, 0.15) is 31.2 Å². The van der Waals surface area contributed by atoms with Crippen molar-refractivity contribution in [1.29, 1.82) is 0 Å². The number of rotatable bonds is 6. The summed E-state index contributed by atoms with van der Waals surface area (Å²) >= 11 is 0. The molecule has 2 heteroatoms. The van der Waals surface area contributed by atoms with Gasteiger partial charge in [-0.3, -0.25) is 0 Å². The summed E-state index contributed by atoms with van der Waals surface area (Å²) in [7, 11) is 0. The highest BCUT2D eigenvalue weighted by Gasteiger charge is 2.64. The molecule has 0 aliphatic heterocycles. The van der Waals surface area contributed by atoms with E-state index in [0.717, 1.165) is 49.1 Å². The monoisotopic (exact) mass is 270 g/mol. The summed E-state index contributed by atoms with van der Waals surface area (Å²) in [5.74, 6) is 4.16. The van der Waals surface area contributed by atoms with Crippen LogP contribution in [0.25, 0.3) is 0 Å². The molecular weight excluding hydrogens is 244 g/mol. The zero-order valence-electron chi connectivity index (χ0n) is 12.2. The molecule has 1 aromatic carbocycles. The van der Waals surface area contributed by atoms with Crippen molar-refractivity contribution in [2.75, 3.05) is 6.54 Å². The Hall–Kier alpha value is -0.860. The van der Waals surface area contributed by atoms with Crippen molar-refractivity contribution in [3.05, 3.63) is 35.9 Å². The van der Waals surface area contributed by atoms with Gasteiger partial charge in [0.05, 0.1) is 0 Å². The van der Waals surface area contributed by atoms with Gasteiger partial charge in [-0.15, -0.1) is 0 Å². The Labute approximate surface area is 122 Å². The van der Waals surface area contributed by atoms with Gasteiger partial charge in [-0.1, -0.05) is 30.3 Å². The lowest BCUT2D eigenvalue weighted by Gasteiger charge is -2.15. The predicted molar refractivity (Wildman–Crippen MR) is 82.3 cm³/mol. The van der Waals surface area contributed by atoms with Crippen molar-refractivity contribution in [2.24, 2.45) is 29.4 Å². The van der Waals surface area contributed by atoms with Crippen LogP contribution in [0.15, 0.2) is 30.3 Å². The highest BCUT2D eigenvalue weighted by Crippen LogP contribution is 2.65. The van der Waals surface area contributed by atoms with Gasteiger partial charge in [-0.25, -0.2) is 0 Å². The van der Waals surface area contributed by atoms with Crippen molar-refractivity contribution in [3.63, 3.8) is 0 Å². The van der Waals surface area contributed by atoms with E-state index in [2.05, 4.69) is 35.6 Å². The van der Waals surface area contributed by atoms with Crippen molar-refractivity contribution in [3.8, 4) is 0 Å². The minimum absolute atomic E-state index is 0.300. The Balaban J connectivity index is 1.19. The lowest BCUT2D eigenvalue weighted by Crippen LogP contribution is -2.37. The molecule has 0 heterocycles. The minimum atomic E-state index is 0.300. The second kappa shape index (κ2) is 5.16. The molecule has 108 valence electrons. The van der Waals surface area contributed by atoms with Gasteiger partial charge < -0.3 is 11.1 Å². The molecule has 20 heavy (non-hydrogen) atoms. The van der Waals surface area contributed by atoms with E-state index in [4.69, 9.17) is 5.73 Å². The second-order valence-electron chi connectivity index (χ2n) is 7.21. The fraction of sp³-hybridized carbons (Fsp3) is 0.667. The minimum Gasteiger partial charge on any atom is -0.327 e. The summed E-state index contributed by atoms with van der Waals surface area (Å²) < 4.78 is 0. The summed E-state index contributed by atoms with van der Waals surface area (Å²) in [6.07, 6.45) is 6.74. The van der Waals surface area contributed by atoms with Crippen LogP contribution in [0.5, 0.6) is 0 Å². The van der Waals surface area contributed by atoms with E-state index in [-0.39, 0.29) is 0 Å². The Kier molecular flexibility index (Phi) is 3.31. The highest BCUT2D eigenvalue weighted by molar-refractivity contribution is 5.17. The number of fused-ring (bicyclic) bond motifs is 5. The topological polar surface area (TPSA) is 38.0 Å². The van der Waals surface area contributed by atoms with Crippen molar-refractivity contribution < 1.29 is 0 Å². The van der Waals surface area contributed by atoms with Crippen LogP contribution >= 0.6 is 0 Å². The van der Waals surface area contributed by atoms with Gasteiger partial charge in [-0.2, -0.15) is 0 Å². The second-order valence-corrected chi connectivity index (χ2v) is 7.21. The molecule has 1 aromatic rings. The molecule has 0 radical (unpaired) electrons. The summed E-state index contributed by atoms with van der Waals surface area (Å²) in [6.45, 7) is 1.00. The molecule has 0 aromatic heterocycles.